The molecule has 0 heterocycles. The molecule has 33 heteroatoms. The molecular weight excluding hydrogens is 1660 g/mol. The Bertz CT molecular complexity index is 2980. The van der Waals surface area contributed by atoms with Crippen molar-refractivity contribution in [3.8, 4) is 0 Å². The molecule has 0 aromatic rings. The molecule has 0 saturated carbocycles. The van der Waals surface area contributed by atoms with Crippen LogP contribution in [0.15, 0.2) is 0 Å². The van der Waals surface area contributed by atoms with Crippen LogP contribution in [-0.2, 0) is 100 Å². The number of esters is 4. The normalized spacial score (nSPS) is 14.9. The Morgan fingerprint density at radius 1 is 0.346 bits per heavy atom. The van der Waals surface area contributed by atoms with E-state index in [4.69, 9.17) is 66.0 Å². The highest BCUT2D eigenvalue weighted by Gasteiger charge is 2.38. The number of carboxylic acids is 4. The van der Waals surface area contributed by atoms with E-state index in [9.17, 15) is 67.1 Å². The first-order valence-electron chi connectivity index (χ1n) is 45.7. The van der Waals surface area contributed by atoms with Crippen LogP contribution < -0.4 is 38.5 Å². The number of carbonyl (C=O) groups is 14. The van der Waals surface area contributed by atoms with Gasteiger partial charge in [0.2, 0.25) is 23.6 Å². The van der Waals surface area contributed by atoms with Crippen molar-refractivity contribution in [2.75, 3.05) is 34.8 Å². The number of nitrogens with one attached hydrogen (secondary N) is 4. The molecule has 0 aromatic heterocycles. The first-order chi connectivity index (χ1) is 58.5. The summed E-state index contributed by atoms with van der Waals surface area (Å²) >= 11 is 4.64. The minimum absolute atomic E-state index is 0.00625. The summed E-state index contributed by atoms with van der Waals surface area (Å²) in [6, 6.07) is -4.17. The smallest absolute Gasteiger partial charge is 0.331 e. The fourth-order valence-electron chi connectivity index (χ4n) is 11.2. The largest absolute Gasteiger partial charge is 0.481 e. The predicted octanol–water partition coefficient (Wildman–Crippen LogP) is 15.6. The molecule has 752 valence electrons. The molecule has 32 nitrogen and oxygen atoms in total. The van der Waals surface area contributed by atoms with Gasteiger partial charge in [0.1, 0.15) is 29.7 Å². The minimum atomic E-state index is -0.978. The molecule has 0 saturated heterocycles. The average Bonchev–Trinajstić information content (AvgIpc) is 0.523. The number of rotatable bonds is 52. The van der Waals surface area contributed by atoms with Gasteiger partial charge in [-0.3, -0.25) is 52.7 Å². The number of ether oxygens (including phenoxy) is 7. The maximum Gasteiger partial charge on any atom is 0.331 e. The number of carboxylic acid groups (broad SMARTS) is 4. The molecule has 0 aromatic carbocycles. The third kappa shape index (κ3) is 79.7. The number of carbonyl (C=O) groups excluding carboxylic acids is 10. The van der Waals surface area contributed by atoms with Crippen molar-refractivity contribution in [1.82, 2.24) is 21.3 Å². The summed E-state index contributed by atoms with van der Waals surface area (Å²) in [6.45, 7) is 53.6. The molecule has 0 rings (SSSR count). The first-order valence-corrected chi connectivity index (χ1v) is 46.5. The fraction of sp³-hybridized carbons (Fsp3) is 0.851. The Morgan fingerprint density at radius 3 is 0.984 bits per heavy atom. The maximum atomic E-state index is 13.2. The number of Topliss-reactive ketones (excluding diaryl/α,β-unsaturated/α-hetero) is 2. The number of ketones is 2. The number of amides is 4. The lowest BCUT2D eigenvalue weighted by molar-refractivity contribution is -0.151. The molecule has 0 fully saturated rings. The van der Waals surface area contributed by atoms with E-state index in [1.54, 1.807) is 83.1 Å². The number of alkyl halides is 1. The predicted molar refractivity (Wildman–Crippen MR) is 503 cm³/mol. The Labute approximate surface area is 770 Å². The van der Waals surface area contributed by atoms with Gasteiger partial charge in [0, 0.05) is 37.0 Å². The van der Waals surface area contributed by atoms with Crippen LogP contribution in [0.2, 0.25) is 0 Å². The molecule has 16 atom stereocenters. The Hall–Kier alpha value is -6.97. The molecular formula is C94H184ClN7O25. The quantitative estimate of drug-likeness (QED) is 0.0117. The summed E-state index contributed by atoms with van der Waals surface area (Å²) in [7, 11) is 5.27. The Balaban J connectivity index is -0.000000190. The number of unbranched alkanes of at least 4 members (excludes halogenated alkanes) is 10. The van der Waals surface area contributed by atoms with Gasteiger partial charge < -0.3 is 92.1 Å². The number of hydrogen-bond donors (Lipinski definition) is 11. The monoisotopic (exact) mass is 1850 g/mol. The van der Waals surface area contributed by atoms with E-state index in [1.165, 1.54) is 34.8 Å². The zero-order chi connectivity index (χ0) is 101. The summed E-state index contributed by atoms with van der Waals surface area (Å²) in [5, 5.41) is 44.4. The van der Waals surface area contributed by atoms with Crippen LogP contribution in [0.1, 0.15) is 368 Å². The standard InChI is InChI=1S/C26H48N2O6.C20H38N2O5.C12H24N2O3.C9H18O3.C8H17NO2.C8H16O2.C6H12O2.C4H8O2.CH3Cl/c1-10-12-13-15-20(25(32)33-9)27-24(31)18(4)16-21(29)22(19(5)34-26(6,7)8)28-23(30)17(3)14-11-2;1-8-9-10-11-15(19(25)26-7)22-18(24)13(2)12-16(23)17(21)14(3)27-20(4,5)6;1-5-6-7-8-12(3,11(16)17-4)14-10(15)9(2)13;1-6(8(10)11)7(2)12-9(3,4)5;1-3-4-5-6-7(9)8(10)11-2;1-3-4-5-6-7(2)8(9)10;1-3-4-5(2)6(7)8;1-3(2)4(5)6;1-2/h17-20,22H,10-16H2,1-9H3,(H,27,31)(H,28,30);13-15,17H,8-12,21H2,1-7H3,(H,22,24);9H,5-8,13H2,1-4H3,(H,14,15);6-7H,1-5H3,(H,10,11);7H,3-6,9H2,1-2H3;7H,3-6H2,1-2H3,(H,9,10);5H,3-4H2,1-2H3,(H,7,8);3H,1-2H3,(H,5,6);1H3/t17-,18+,19+,20-,22-;13-,14-,15+,17+;9-,12-;6-,7?;2*7-;5-;;/m0100000../s1. The molecule has 0 aliphatic carbocycles. The summed E-state index contributed by atoms with van der Waals surface area (Å²) in [6.07, 6.45) is 21.6. The van der Waals surface area contributed by atoms with Gasteiger partial charge in [-0.2, -0.15) is 0 Å². The zero-order valence-corrected chi connectivity index (χ0v) is 85.9. The van der Waals surface area contributed by atoms with Crippen molar-refractivity contribution in [3.63, 3.8) is 0 Å². The van der Waals surface area contributed by atoms with Crippen molar-refractivity contribution in [2.24, 2.45) is 58.6 Å². The maximum absolute atomic E-state index is 13.2. The molecule has 0 bridgehead atoms. The van der Waals surface area contributed by atoms with E-state index in [1.807, 2.05) is 83.1 Å². The van der Waals surface area contributed by atoms with Gasteiger partial charge in [0.05, 0.1) is 99.3 Å². The molecule has 1 unspecified atom stereocenters. The van der Waals surface area contributed by atoms with Crippen molar-refractivity contribution in [3.05, 3.63) is 0 Å². The van der Waals surface area contributed by atoms with E-state index in [2.05, 4.69) is 72.2 Å². The van der Waals surface area contributed by atoms with E-state index >= 15 is 0 Å². The van der Waals surface area contributed by atoms with Crippen LogP contribution in [0.4, 0.5) is 0 Å². The van der Waals surface area contributed by atoms with Crippen LogP contribution in [0, 0.1) is 41.4 Å². The zero-order valence-electron chi connectivity index (χ0n) is 85.1. The lowest BCUT2D eigenvalue weighted by atomic mass is 9.94. The van der Waals surface area contributed by atoms with E-state index in [0.29, 0.717) is 25.7 Å². The van der Waals surface area contributed by atoms with Crippen molar-refractivity contribution in [1.29, 1.82) is 0 Å². The van der Waals surface area contributed by atoms with Crippen LogP contribution >= 0.6 is 11.6 Å². The second-order valence-corrected chi connectivity index (χ2v) is 35.9. The van der Waals surface area contributed by atoms with Crippen LogP contribution in [0.5, 0.6) is 0 Å². The van der Waals surface area contributed by atoms with Crippen molar-refractivity contribution < 1.29 is 121 Å². The van der Waals surface area contributed by atoms with Crippen LogP contribution in [-0.4, -0.2) is 215 Å². The van der Waals surface area contributed by atoms with Gasteiger partial charge in [-0.05, 0) is 149 Å². The van der Waals surface area contributed by atoms with Crippen LogP contribution in [0.25, 0.3) is 0 Å². The number of nitrogens with two attached hydrogens (primary N) is 3. The summed E-state index contributed by atoms with van der Waals surface area (Å²) in [4.78, 5) is 162. The third-order valence-electron chi connectivity index (χ3n) is 19.2. The highest BCUT2D eigenvalue weighted by Crippen LogP contribution is 2.22. The molecule has 127 heavy (non-hydrogen) atoms. The Kier molecular flexibility index (Phi) is 86.8. The second kappa shape index (κ2) is 79.9. The van der Waals surface area contributed by atoms with Gasteiger partial charge >= 0.3 is 47.8 Å². The SMILES string of the molecule is CC(C)C(=O)O.CC(OC(C)(C)C)[C@H](C)C(=O)O.CCCCC[C@H](C)C(=O)O.CCCCC[C@H](N)C(=O)OC.CCCCC[C@H](NC(=O)[C@H](C)CC(=O)[C@@H](N)[C@@H](C)OC(C)(C)C)C(=O)OC.CCCCC[C@H](NC(=O)[C@H](C)CC(=O)[C@@H](NC(=O)[C@@H](C)CCC)[C@@H](C)OC(C)(C)C)C(=O)OC.CCCCC[C@](C)(NC(=O)[C@H](C)N)C(=O)OC.CCC[C@H](C)C(=O)O.CCl. The molecule has 14 N–H and O–H groups in total. The van der Waals surface area contributed by atoms with Crippen molar-refractivity contribution in [2.45, 2.75) is 445 Å². The van der Waals surface area contributed by atoms with E-state index in [-0.39, 0.29) is 83.5 Å². The highest BCUT2D eigenvalue weighted by atomic mass is 35.5. The number of aliphatic carboxylic acids is 4. The van der Waals surface area contributed by atoms with E-state index < -0.39 is 131 Å². The summed E-state index contributed by atoms with van der Waals surface area (Å²) in [5.74, 6) is -8.94. The number of halogens is 1. The second-order valence-electron chi connectivity index (χ2n) is 35.9. The minimum Gasteiger partial charge on any atom is -0.481 e. The average molecular weight is 1850 g/mol. The number of hydrogen-bond acceptors (Lipinski definition) is 24. The summed E-state index contributed by atoms with van der Waals surface area (Å²) < 4.78 is 36.0. The topological polar surface area (TPSA) is 511 Å². The fourth-order valence-corrected chi connectivity index (χ4v) is 11.2. The van der Waals surface area contributed by atoms with Gasteiger partial charge in [-0.25, -0.2) is 14.4 Å². The lowest BCUT2D eigenvalue weighted by Crippen LogP contribution is -2.56. The molecule has 0 aliphatic rings. The van der Waals surface area contributed by atoms with Gasteiger partial charge in [-0.15, -0.1) is 11.6 Å². The lowest BCUT2D eigenvalue weighted by Gasteiger charge is -2.31. The van der Waals surface area contributed by atoms with Crippen molar-refractivity contribution >= 4 is 94.6 Å². The number of methoxy groups -OCH3 is 4. The first kappa shape index (κ1) is 138. The third-order valence-corrected chi connectivity index (χ3v) is 19.2. The van der Waals surface area contributed by atoms with Gasteiger partial charge in [0.25, 0.3) is 0 Å². The highest BCUT2D eigenvalue weighted by molar-refractivity contribution is 6.15. The molecule has 0 spiro atoms. The van der Waals surface area contributed by atoms with Gasteiger partial charge in [0.15, 0.2) is 11.6 Å². The molecule has 0 aliphatic heterocycles. The summed E-state index contributed by atoms with van der Waals surface area (Å²) in [5.41, 5.74) is 14.8. The van der Waals surface area contributed by atoms with Crippen LogP contribution in [0.3, 0.4) is 0 Å². The Morgan fingerprint density at radius 2 is 0.669 bits per heavy atom. The molecule has 0 radical (unpaired) electrons. The molecule has 4 amide bonds. The van der Waals surface area contributed by atoms with Gasteiger partial charge in [-0.1, -0.05) is 206 Å². The van der Waals surface area contributed by atoms with E-state index in [0.717, 1.165) is 128 Å².